The van der Waals surface area contributed by atoms with Crippen LogP contribution in [0.3, 0.4) is 0 Å². The number of rotatable bonds is 50. The van der Waals surface area contributed by atoms with Crippen molar-refractivity contribution in [3.8, 4) is 0 Å². The highest BCUT2D eigenvalue weighted by Crippen LogP contribution is 2.23. The summed E-state index contributed by atoms with van der Waals surface area (Å²) in [6.07, 6.45) is 54.7. The molecule has 0 aromatic rings. The summed E-state index contributed by atoms with van der Waals surface area (Å²) >= 11 is 0. The summed E-state index contributed by atoms with van der Waals surface area (Å²) in [6.45, 7) is 4.57. The van der Waals surface area contributed by atoms with Crippen molar-refractivity contribution in [2.45, 2.75) is 301 Å². The largest absolute Gasteiger partial charge is 0.457 e. The second-order valence-electron chi connectivity index (χ2n) is 19.7. The smallest absolute Gasteiger partial charge is 0.306 e. The topological polar surface area (TPSA) is 135 Å². The zero-order valence-corrected chi connectivity index (χ0v) is 43.7. The van der Waals surface area contributed by atoms with Gasteiger partial charge in [-0.1, -0.05) is 243 Å². The minimum Gasteiger partial charge on any atom is -0.457 e. The molecule has 9 heteroatoms. The first-order valence-corrected chi connectivity index (χ1v) is 28.6. The highest BCUT2D eigenvalue weighted by Gasteiger charge is 2.44. The number of hydrogen-bond acceptors (Lipinski definition) is 9. The van der Waals surface area contributed by atoms with Crippen molar-refractivity contribution in [1.29, 1.82) is 0 Å². The summed E-state index contributed by atoms with van der Waals surface area (Å²) in [6, 6.07) is 0. The van der Waals surface area contributed by atoms with Crippen LogP contribution in [-0.4, -0.2) is 89.6 Å². The van der Waals surface area contributed by atoms with Crippen LogP contribution in [0.1, 0.15) is 264 Å². The summed E-state index contributed by atoms with van der Waals surface area (Å²) in [7, 11) is 0. The van der Waals surface area contributed by atoms with E-state index in [4.69, 9.17) is 18.9 Å². The van der Waals surface area contributed by atoms with E-state index in [0.717, 1.165) is 57.8 Å². The van der Waals surface area contributed by atoms with Crippen LogP contribution in [0.25, 0.3) is 0 Å². The normalized spacial score (nSPS) is 19.4. The summed E-state index contributed by atoms with van der Waals surface area (Å²) in [5, 5.41) is 40.3. The molecule has 6 atom stereocenters. The number of carbonyl (C=O) groups is 1. The summed E-state index contributed by atoms with van der Waals surface area (Å²) in [4.78, 5) is 12.9. The van der Waals surface area contributed by atoms with Crippen molar-refractivity contribution in [1.82, 2.24) is 0 Å². The molecule has 1 aliphatic heterocycles. The maximum Gasteiger partial charge on any atom is 0.306 e. The Morgan fingerprint density at radius 3 is 1.30 bits per heavy atom. The lowest BCUT2D eigenvalue weighted by molar-refractivity contribution is -0.305. The molecule has 0 bridgehead atoms. The molecule has 1 aliphatic rings. The van der Waals surface area contributed by atoms with Crippen LogP contribution in [0.4, 0.5) is 0 Å². The average molecular weight is 949 g/mol. The number of ether oxygens (including phenoxy) is 4. The molecule has 394 valence electrons. The summed E-state index contributed by atoms with van der Waals surface area (Å²) in [5.74, 6) is -0.312. The van der Waals surface area contributed by atoms with Gasteiger partial charge < -0.3 is 39.4 Å². The molecule has 4 N–H and O–H groups in total. The van der Waals surface area contributed by atoms with Crippen molar-refractivity contribution in [2.24, 2.45) is 0 Å². The molecule has 9 nitrogen and oxygen atoms in total. The predicted molar refractivity (Wildman–Crippen MR) is 279 cm³/mol. The molecular weight excluding hydrogens is 841 g/mol. The first-order chi connectivity index (χ1) is 32.9. The van der Waals surface area contributed by atoms with Crippen molar-refractivity contribution >= 4 is 5.97 Å². The van der Waals surface area contributed by atoms with Crippen molar-refractivity contribution in [2.75, 3.05) is 26.4 Å². The van der Waals surface area contributed by atoms with E-state index in [2.05, 4.69) is 50.3 Å². The number of esters is 1. The van der Waals surface area contributed by atoms with E-state index in [0.29, 0.717) is 13.0 Å². The number of carbonyl (C=O) groups excluding carboxylic acids is 1. The Hall–Kier alpha value is -1.59. The molecule has 1 rings (SSSR count). The molecule has 0 aromatic carbocycles. The van der Waals surface area contributed by atoms with Gasteiger partial charge >= 0.3 is 5.97 Å². The Bertz CT molecular complexity index is 1130. The quantitative estimate of drug-likeness (QED) is 0.0267. The van der Waals surface area contributed by atoms with Crippen molar-refractivity contribution in [3.63, 3.8) is 0 Å². The van der Waals surface area contributed by atoms with Crippen molar-refractivity contribution in [3.05, 3.63) is 36.5 Å². The zero-order valence-electron chi connectivity index (χ0n) is 43.7. The Balaban J connectivity index is 2.16. The van der Waals surface area contributed by atoms with E-state index in [1.54, 1.807) is 0 Å². The summed E-state index contributed by atoms with van der Waals surface area (Å²) < 4.78 is 23.0. The van der Waals surface area contributed by atoms with E-state index in [9.17, 15) is 25.2 Å². The molecule has 0 aromatic heterocycles. The van der Waals surface area contributed by atoms with Crippen LogP contribution in [0.5, 0.6) is 0 Å². The maximum atomic E-state index is 12.9. The molecule has 6 unspecified atom stereocenters. The highest BCUT2D eigenvalue weighted by molar-refractivity contribution is 5.69. The number of aliphatic hydroxyl groups excluding tert-OH is 4. The fraction of sp³-hybridized carbons (Fsp3) is 0.879. The molecule has 0 saturated carbocycles. The van der Waals surface area contributed by atoms with Gasteiger partial charge in [-0.2, -0.15) is 0 Å². The van der Waals surface area contributed by atoms with Gasteiger partial charge in [0.25, 0.3) is 0 Å². The standard InChI is InChI=1S/C58H108O9/c1-3-5-7-9-11-13-15-17-19-21-23-25-27-29-31-33-35-37-39-41-43-45-47-54(60)66-52(51-65-58-57(63)56(62)55(61)53(49-59)67-58)50-64-48-46-44-42-40-38-36-34-32-30-28-26-24-22-20-18-16-14-12-10-8-6-4-2/h16,18,22,24,28,30,52-53,55-59,61-63H,3-15,17,19-21,23,25-27,29,31-51H2,1-2H3/b18-16-,24-22-,30-28-. The number of unbranched alkanes of at least 4 members (excludes halogenated alkanes) is 33. The van der Waals surface area contributed by atoms with Gasteiger partial charge in [0.15, 0.2) is 6.29 Å². The fourth-order valence-corrected chi connectivity index (χ4v) is 8.85. The molecule has 67 heavy (non-hydrogen) atoms. The van der Waals surface area contributed by atoms with Gasteiger partial charge in [-0.25, -0.2) is 0 Å². The second kappa shape index (κ2) is 49.4. The van der Waals surface area contributed by atoms with E-state index < -0.39 is 43.4 Å². The minimum absolute atomic E-state index is 0.114. The predicted octanol–water partition coefficient (Wildman–Crippen LogP) is 14.7. The van der Waals surface area contributed by atoms with Gasteiger partial charge in [0.05, 0.1) is 19.8 Å². The highest BCUT2D eigenvalue weighted by atomic mass is 16.7. The van der Waals surface area contributed by atoms with E-state index >= 15 is 0 Å². The van der Waals surface area contributed by atoms with Crippen LogP contribution in [0.2, 0.25) is 0 Å². The molecule has 0 amide bonds. The van der Waals surface area contributed by atoms with Gasteiger partial charge in [-0.05, 0) is 51.4 Å². The van der Waals surface area contributed by atoms with E-state index in [-0.39, 0.29) is 19.2 Å². The Morgan fingerprint density at radius 2 is 0.866 bits per heavy atom. The number of aliphatic hydroxyl groups is 4. The SMILES string of the molecule is CCCCCCC/C=C\C/C=C\C/C=C\CCCCCCCCCOCC(COC1OC(CO)C(O)C(O)C1O)OC(=O)CCCCCCCCCCCCCCCCCCCCCCCC. The third-order valence-corrected chi connectivity index (χ3v) is 13.3. The van der Waals surface area contributed by atoms with Crippen LogP contribution >= 0.6 is 0 Å². The van der Waals surface area contributed by atoms with Gasteiger partial charge in [-0.3, -0.25) is 4.79 Å². The molecule has 1 saturated heterocycles. The first-order valence-electron chi connectivity index (χ1n) is 28.6. The lowest BCUT2D eigenvalue weighted by Crippen LogP contribution is -2.59. The van der Waals surface area contributed by atoms with Crippen LogP contribution in [-0.2, 0) is 23.7 Å². The van der Waals surface area contributed by atoms with Gasteiger partial charge in [0.1, 0.15) is 30.5 Å². The molecule has 0 aliphatic carbocycles. The average Bonchev–Trinajstić information content (AvgIpc) is 3.33. The van der Waals surface area contributed by atoms with Gasteiger partial charge in [-0.15, -0.1) is 0 Å². The van der Waals surface area contributed by atoms with Crippen LogP contribution in [0.15, 0.2) is 36.5 Å². The van der Waals surface area contributed by atoms with Gasteiger partial charge in [0.2, 0.25) is 0 Å². The monoisotopic (exact) mass is 949 g/mol. The third-order valence-electron chi connectivity index (χ3n) is 13.3. The summed E-state index contributed by atoms with van der Waals surface area (Å²) in [5.41, 5.74) is 0. The Labute approximate surface area is 412 Å². The molecular formula is C58H108O9. The molecule has 0 spiro atoms. The molecule has 1 heterocycles. The van der Waals surface area contributed by atoms with Crippen molar-refractivity contribution < 1.29 is 44.2 Å². The number of hydrogen-bond donors (Lipinski definition) is 4. The van der Waals surface area contributed by atoms with Gasteiger partial charge in [0, 0.05) is 13.0 Å². The third kappa shape index (κ3) is 39.8. The molecule has 0 radical (unpaired) electrons. The molecule has 1 fully saturated rings. The lowest BCUT2D eigenvalue weighted by Gasteiger charge is -2.39. The Kier molecular flexibility index (Phi) is 46.8. The van der Waals surface area contributed by atoms with Crippen LogP contribution in [0, 0.1) is 0 Å². The lowest BCUT2D eigenvalue weighted by atomic mass is 9.99. The Morgan fingerprint density at radius 1 is 0.478 bits per heavy atom. The maximum absolute atomic E-state index is 12.9. The minimum atomic E-state index is -1.54. The fourth-order valence-electron chi connectivity index (χ4n) is 8.85. The van der Waals surface area contributed by atoms with Crippen LogP contribution < -0.4 is 0 Å². The zero-order chi connectivity index (χ0) is 48.5. The number of allylic oxidation sites excluding steroid dienone is 6. The second-order valence-corrected chi connectivity index (χ2v) is 19.7. The van der Waals surface area contributed by atoms with E-state index in [1.807, 2.05) is 0 Å². The van der Waals surface area contributed by atoms with E-state index in [1.165, 1.54) is 186 Å². The first kappa shape index (κ1) is 63.4.